The maximum Gasteiger partial charge on any atom is 0.214 e. The average Bonchev–Trinajstić information content (AvgIpc) is 2.98. The third kappa shape index (κ3) is 2.22. The molecule has 0 aliphatic heterocycles. The van der Waals surface area contributed by atoms with Crippen molar-refractivity contribution in [3.63, 3.8) is 0 Å². The molecule has 0 bridgehead atoms. The van der Waals surface area contributed by atoms with Crippen molar-refractivity contribution in [1.29, 1.82) is 0 Å². The maximum absolute atomic E-state index is 12.9. The molecule has 1 aromatic heterocycles. The number of hydrogen-bond acceptors (Lipinski definition) is 2. The number of aromatic nitrogens is 1. The number of anilines is 1. The van der Waals surface area contributed by atoms with Gasteiger partial charge in [-0.2, -0.15) is 4.39 Å². The second-order valence-electron chi connectivity index (χ2n) is 3.80. The minimum absolute atomic E-state index is 0.392. The molecule has 1 aliphatic carbocycles. The van der Waals surface area contributed by atoms with Crippen molar-refractivity contribution >= 4 is 5.82 Å². The van der Waals surface area contributed by atoms with Gasteiger partial charge in [0.15, 0.2) is 0 Å². The van der Waals surface area contributed by atoms with Crippen molar-refractivity contribution in [2.24, 2.45) is 5.92 Å². The lowest BCUT2D eigenvalue weighted by Crippen LogP contribution is -2.26. The topological polar surface area (TPSA) is 16.1 Å². The molecule has 0 spiro atoms. The molecular formula is C11H15FN2. The summed E-state index contributed by atoms with van der Waals surface area (Å²) in [6, 6.07) is 4.97. The molecule has 1 heterocycles. The van der Waals surface area contributed by atoms with Gasteiger partial charge < -0.3 is 4.90 Å². The van der Waals surface area contributed by atoms with Crippen molar-refractivity contribution in [1.82, 2.24) is 4.98 Å². The first-order valence-electron chi connectivity index (χ1n) is 5.17. The monoisotopic (exact) mass is 194 g/mol. The lowest BCUT2D eigenvalue weighted by Gasteiger charge is -2.21. The number of rotatable bonds is 4. The molecule has 0 unspecified atom stereocenters. The highest BCUT2D eigenvalue weighted by Crippen LogP contribution is 2.30. The molecule has 2 nitrogen and oxygen atoms in total. The Hall–Kier alpha value is -1.12. The number of halogens is 1. The van der Waals surface area contributed by atoms with Crippen LogP contribution in [0, 0.1) is 11.9 Å². The van der Waals surface area contributed by atoms with E-state index in [9.17, 15) is 4.39 Å². The van der Waals surface area contributed by atoms with Gasteiger partial charge in [-0.3, -0.25) is 0 Å². The van der Waals surface area contributed by atoms with Crippen LogP contribution in [0.3, 0.4) is 0 Å². The molecule has 0 atom stereocenters. The van der Waals surface area contributed by atoms with Gasteiger partial charge in [0.25, 0.3) is 0 Å². The summed E-state index contributed by atoms with van der Waals surface area (Å²) in [7, 11) is 0. The van der Waals surface area contributed by atoms with E-state index < -0.39 is 5.95 Å². The fourth-order valence-corrected chi connectivity index (χ4v) is 1.57. The summed E-state index contributed by atoms with van der Waals surface area (Å²) in [6.45, 7) is 3.99. The Morgan fingerprint density at radius 3 is 2.86 bits per heavy atom. The summed E-state index contributed by atoms with van der Waals surface area (Å²) in [5, 5.41) is 0. The second kappa shape index (κ2) is 3.95. The van der Waals surface area contributed by atoms with Crippen molar-refractivity contribution in [2.75, 3.05) is 18.0 Å². The molecule has 1 fully saturated rings. The third-order valence-electron chi connectivity index (χ3n) is 2.58. The Bertz CT molecular complexity index is 310. The third-order valence-corrected chi connectivity index (χ3v) is 2.58. The summed E-state index contributed by atoms with van der Waals surface area (Å²) in [6.07, 6.45) is 2.62. The Balaban J connectivity index is 2.08. The fourth-order valence-electron chi connectivity index (χ4n) is 1.57. The van der Waals surface area contributed by atoms with Gasteiger partial charge in [0.1, 0.15) is 5.82 Å². The quantitative estimate of drug-likeness (QED) is 0.684. The van der Waals surface area contributed by atoms with E-state index in [0.717, 1.165) is 24.8 Å². The first kappa shape index (κ1) is 9.44. The van der Waals surface area contributed by atoms with Crippen LogP contribution in [0.1, 0.15) is 19.8 Å². The van der Waals surface area contributed by atoms with Crippen molar-refractivity contribution in [3.05, 3.63) is 24.1 Å². The van der Waals surface area contributed by atoms with Crippen LogP contribution in [0.25, 0.3) is 0 Å². The molecular weight excluding hydrogens is 179 g/mol. The van der Waals surface area contributed by atoms with E-state index in [1.807, 2.05) is 6.07 Å². The lowest BCUT2D eigenvalue weighted by molar-refractivity contribution is 0.579. The van der Waals surface area contributed by atoms with Gasteiger partial charge >= 0.3 is 0 Å². The molecule has 0 amide bonds. The summed E-state index contributed by atoms with van der Waals surface area (Å²) in [5.41, 5.74) is 0. The molecule has 3 heteroatoms. The molecule has 0 radical (unpaired) electrons. The van der Waals surface area contributed by atoms with E-state index in [0.29, 0.717) is 0 Å². The Labute approximate surface area is 83.8 Å². The number of nitrogens with zero attached hydrogens (tertiary/aromatic N) is 2. The van der Waals surface area contributed by atoms with E-state index in [1.165, 1.54) is 18.9 Å². The second-order valence-corrected chi connectivity index (χ2v) is 3.80. The SMILES string of the molecule is CCN(CC1CC1)c1cccc(F)n1. The Kier molecular flexibility index (Phi) is 2.66. The Morgan fingerprint density at radius 2 is 2.29 bits per heavy atom. The van der Waals surface area contributed by atoms with Crippen LogP contribution in [0.5, 0.6) is 0 Å². The smallest absolute Gasteiger partial charge is 0.214 e. The minimum atomic E-state index is -0.392. The van der Waals surface area contributed by atoms with Gasteiger partial charge in [-0.15, -0.1) is 0 Å². The van der Waals surface area contributed by atoms with Gasteiger partial charge in [-0.1, -0.05) is 6.07 Å². The van der Waals surface area contributed by atoms with Gasteiger partial charge in [-0.25, -0.2) is 4.98 Å². The summed E-state index contributed by atoms with van der Waals surface area (Å²) < 4.78 is 12.9. The highest BCUT2D eigenvalue weighted by molar-refractivity contribution is 5.37. The molecule has 0 N–H and O–H groups in total. The zero-order chi connectivity index (χ0) is 9.97. The summed E-state index contributed by atoms with van der Waals surface area (Å²) in [5.74, 6) is 1.18. The number of pyridine rings is 1. The molecule has 1 aromatic rings. The minimum Gasteiger partial charge on any atom is -0.357 e. The van der Waals surface area contributed by atoms with Crippen molar-refractivity contribution < 1.29 is 4.39 Å². The summed E-state index contributed by atoms with van der Waals surface area (Å²) in [4.78, 5) is 6.02. The average molecular weight is 194 g/mol. The normalized spacial score (nSPS) is 15.6. The van der Waals surface area contributed by atoms with Crippen LogP contribution in [0.2, 0.25) is 0 Å². The zero-order valence-corrected chi connectivity index (χ0v) is 8.41. The largest absolute Gasteiger partial charge is 0.357 e. The predicted molar refractivity (Wildman–Crippen MR) is 54.8 cm³/mol. The lowest BCUT2D eigenvalue weighted by atomic mass is 10.3. The maximum atomic E-state index is 12.9. The van der Waals surface area contributed by atoms with Gasteiger partial charge in [0, 0.05) is 13.1 Å². The molecule has 0 saturated heterocycles. The molecule has 2 rings (SSSR count). The van der Waals surface area contributed by atoms with Crippen molar-refractivity contribution in [3.8, 4) is 0 Å². The van der Waals surface area contributed by atoms with Crippen LogP contribution < -0.4 is 4.90 Å². The highest BCUT2D eigenvalue weighted by atomic mass is 19.1. The summed E-state index contributed by atoms with van der Waals surface area (Å²) >= 11 is 0. The van der Waals surface area contributed by atoms with Gasteiger partial charge in [0.2, 0.25) is 5.95 Å². The van der Waals surface area contributed by atoms with E-state index in [1.54, 1.807) is 6.07 Å². The molecule has 0 aromatic carbocycles. The molecule has 14 heavy (non-hydrogen) atoms. The van der Waals surface area contributed by atoms with Crippen LogP contribution in [-0.2, 0) is 0 Å². The van der Waals surface area contributed by atoms with E-state index in [4.69, 9.17) is 0 Å². The molecule has 1 saturated carbocycles. The van der Waals surface area contributed by atoms with Crippen LogP contribution in [0.15, 0.2) is 18.2 Å². The molecule has 76 valence electrons. The van der Waals surface area contributed by atoms with E-state index in [2.05, 4.69) is 16.8 Å². The van der Waals surface area contributed by atoms with Gasteiger partial charge in [0.05, 0.1) is 0 Å². The first-order chi connectivity index (χ1) is 6.79. The fraction of sp³-hybridized carbons (Fsp3) is 0.545. The standard InChI is InChI=1S/C11H15FN2/c1-2-14(8-9-6-7-9)11-5-3-4-10(12)13-11/h3-5,9H,2,6-8H2,1H3. The van der Waals surface area contributed by atoms with Crippen LogP contribution in [-0.4, -0.2) is 18.1 Å². The van der Waals surface area contributed by atoms with Crippen molar-refractivity contribution in [2.45, 2.75) is 19.8 Å². The zero-order valence-electron chi connectivity index (χ0n) is 8.41. The Morgan fingerprint density at radius 1 is 1.50 bits per heavy atom. The van der Waals surface area contributed by atoms with Crippen LogP contribution in [0.4, 0.5) is 10.2 Å². The van der Waals surface area contributed by atoms with Gasteiger partial charge in [-0.05, 0) is 37.8 Å². The first-order valence-corrected chi connectivity index (χ1v) is 5.17. The molecule has 1 aliphatic rings. The van der Waals surface area contributed by atoms with E-state index >= 15 is 0 Å². The number of hydrogen-bond donors (Lipinski definition) is 0. The van der Waals surface area contributed by atoms with Crippen LogP contribution >= 0.6 is 0 Å². The highest BCUT2D eigenvalue weighted by Gasteiger charge is 2.24. The van der Waals surface area contributed by atoms with E-state index in [-0.39, 0.29) is 0 Å². The predicted octanol–water partition coefficient (Wildman–Crippen LogP) is 2.46.